The highest BCUT2D eigenvalue weighted by Gasteiger charge is 2.27. The van der Waals surface area contributed by atoms with Crippen LogP contribution in [0.5, 0.6) is 0 Å². The van der Waals surface area contributed by atoms with Gasteiger partial charge >= 0.3 is 5.97 Å². The first kappa shape index (κ1) is 19.4. The Morgan fingerprint density at radius 1 is 1.19 bits per heavy atom. The van der Waals surface area contributed by atoms with E-state index in [-0.39, 0.29) is 17.1 Å². The van der Waals surface area contributed by atoms with Gasteiger partial charge in [-0.1, -0.05) is 13.3 Å². The summed E-state index contributed by atoms with van der Waals surface area (Å²) in [6, 6.07) is 5.81. The fraction of sp³-hybridized carbons (Fsp3) is 0.529. The maximum absolute atomic E-state index is 12.5. The molecule has 1 saturated heterocycles. The smallest absolute Gasteiger partial charge is 0.338 e. The molecule has 0 radical (unpaired) electrons. The van der Waals surface area contributed by atoms with Crippen molar-refractivity contribution < 1.29 is 17.9 Å². The minimum atomic E-state index is -3.49. The Morgan fingerprint density at radius 2 is 1.89 bits per heavy atom. The second-order valence-electron chi connectivity index (χ2n) is 6.38. The lowest BCUT2D eigenvalue weighted by atomic mass is 10.2. The van der Waals surface area contributed by atoms with Crippen LogP contribution in [0.4, 0.5) is 0 Å². The first-order chi connectivity index (χ1) is 13.0. The fourth-order valence-corrected chi connectivity index (χ4v) is 4.38. The van der Waals surface area contributed by atoms with Crippen LogP contribution in [0.2, 0.25) is 0 Å². The van der Waals surface area contributed by atoms with Crippen molar-refractivity contribution in [3.8, 4) is 0 Å². The molecule has 0 bridgehead atoms. The molecule has 9 nitrogen and oxygen atoms in total. The first-order valence-corrected chi connectivity index (χ1v) is 10.5. The van der Waals surface area contributed by atoms with Gasteiger partial charge in [-0.25, -0.2) is 17.9 Å². The van der Waals surface area contributed by atoms with Crippen LogP contribution >= 0.6 is 0 Å². The summed E-state index contributed by atoms with van der Waals surface area (Å²) in [4.78, 5) is 12.4. The van der Waals surface area contributed by atoms with Crippen molar-refractivity contribution in [2.45, 2.75) is 50.7 Å². The van der Waals surface area contributed by atoms with Gasteiger partial charge in [0.05, 0.1) is 10.5 Å². The van der Waals surface area contributed by atoms with Gasteiger partial charge in [0.25, 0.3) is 0 Å². The number of nitrogens with zero attached hydrogens (tertiary/aromatic N) is 5. The lowest BCUT2D eigenvalue weighted by Crippen LogP contribution is -2.27. The number of aryl methyl sites for hydroxylation is 1. The number of unbranched alkanes of at least 4 members (excludes halogenated alkanes) is 1. The number of esters is 1. The zero-order chi connectivity index (χ0) is 19.3. The molecule has 3 rings (SSSR count). The topological polar surface area (TPSA) is 107 Å². The summed E-state index contributed by atoms with van der Waals surface area (Å²) in [5.41, 5.74) is 0.281. The number of carbonyl (C=O) groups excluding carboxylic acids is 1. The van der Waals surface area contributed by atoms with Gasteiger partial charge in [-0.05, 0) is 54.0 Å². The van der Waals surface area contributed by atoms with Gasteiger partial charge in [0.1, 0.15) is 0 Å². The Morgan fingerprint density at radius 3 is 2.56 bits per heavy atom. The van der Waals surface area contributed by atoms with E-state index in [1.54, 1.807) is 4.68 Å². The number of sulfonamides is 1. The number of rotatable bonds is 8. The third-order valence-corrected chi connectivity index (χ3v) is 6.37. The lowest BCUT2D eigenvalue weighted by molar-refractivity contribution is 0.0456. The minimum Gasteiger partial charge on any atom is -0.454 e. The summed E-state index contributed by atoms with van der Waals surface area (Å²) in [5.74, 6) is -0.0739. The van der Waals surface area contributed by atoms with Crippen LogP contribution in [0, 0.1) is 0 Å². The van der Waals surface area contributed by atoms with E-state index >= 15 is 0 Å². The molecular formula is C17H23N5O4S. The molecule has 0 spiro atoms. The average molecular weight is 393 g/mol. The quantitative estimate of drug-likeness (QED) is 0.627. The standard InChI is InChI=1S/C17H23N5O4S/c1-2-3-12-22-16(18-19-20-22)13-26-17(23)14-6-8-15(9-7-14)27(24,25)21-10-4-5-11-21/h6-9H,2-5,10-13H2,1H3. The molecular weight excluding hydrogens is 370 g/mol. The van der Waals surface area contributed by atoms with E-state index in [1.165, 1.54) is 28.6 Å². The molecule has 1 aliphatic heterocycles. The van der Waals surface area contributed by atoms with E-state index in [0.29, 0.717) is 25.5 Å². The zero-order valence-electron chi connectivity index (χ0n) is 15.2. The molecule has 27 heavy (non-hydrogen) atoms. The summed E-state index contributed by atoms with van der Waals surface area (Å²) < 4.78 is 33.3. The van der Waals surface area contributed by atoms with Crippen LogP contribution < -0.4 is 0 Å². The highest BCUT2D eigenvalue weighted by atomic mass is 32.2. The predicted molar refractivity (Wildman–Crippen MR) is 96.3 cm³/mol. The van der Waals surface area contributed by atoms with Gasteiger partial charge in [-0.3, -0.25) is 0 Å². The van der Waals surface area contributed by atoms with E-state index in [9.17, 15) is 13.2 Å². The van der Waals surface area contributed by atoms with Gasteiger partial charge in [-0.2, -0.15) is 4.31 Å². The second-order valence-corrected chi connectivity index (χ2v) is 8.32. The second kappa shape index (κ2) is 8.57. The highest BCUT2D eigenvalue weighted by molar-refractivity contribution is 7.89. The van der Waals surface area contributed by atoms with Crippen molar-refractivity contribution in [3.05, 3.63) is 35.7 Å². The number of hydrogen-bond donors (Lipinski definition) is 0. The SMILES string of the molecule is CCCCn1nnnc1COC(=O)c1ccc(S(=O)(=O)N2CCCC2)cc1. The van der Waals surface area contributed by atoms with E-state index in [4.69, 9.17) is 4.74 Å². The monoisotopic (exact) mass is 393 g/mol. The zero-order valence-corrected chi connectivity index (χ0v) is 16.1. The fourth-order valence-electron chi connectivity index (χ4n) is 2.86. The molecule has 146 valence electrons. The van der Waals surface area contributed by atoms with E-state index in [0.717, 1.165) is 25.7 Å². The Balaban J connectivity index is 1.62. The summed E-state index contributed by atoms with van der Waals surface area (Å²) >= 11 is 0. The maximum Gasteiger partial charge on any atom is 0.338 e. The van der Waals surface area contributed by atoms with Crippen molar-refractivity contribution in [1.82, 2.24) is 24.5 Å². The van der Waals surface area contributed by atoms with Crippen LogP contribution in [-0.4, -0.2) is 52.0 Å². The Labute approximate surface area is 158 Å². The van der Waals surface area contributed by atoms with Crippen molar-refractivity contribution in [2.24, 2.45) is 0 Å². The minimum absolute atomic E-state index is 0.0383. The van der Waals surface area contributed by atoms with Crippen molar-refractivity contribution in [2.75, 3.05) is 13.1 Å². The van der Waals surface area contributed by atoms with Gasteiger partial charge in [0.2, 0.25) is 10.0 Å². The summed E-state index contributed by atoms with van der Waals surface area (Å²) in [6.07, 6.45) is 3.69. The van der Waals surface area contributed by atoms with E-state index in [2.05, 4.69) is 22.4 Å². The molecule has 0 unspecified atom stereocenters. The molecule has 0 amide bonds. The van der Waals surface area contributed by atoms with Gasteiger partial charge in [-0.15, -0.1) is 5.10 Å². The average Bonchev–Trinajstić information content (AvgIpc) is 3.36. The van der Waals surface area contributed by atoms with Gasteiger partial charge < -0.3 is 4.74 Å². The lowest BCUT2D eigenvalue weighted by Gasteiger charge is -2.15. The van der Waals surface area contributed by atoms with E-state index < -0.39 is 16.0 Å². The van der Waals surface area contributed by atoms with Crippen LogP contribution in [0.1, 0.15) is 48.8 Å². The number of tetrazole rings is 1. The highest BCUT2D eigenvalue weighted by Crippen LogP contribution is 2.21. The molecule has 2 heterocycles. The molecule has 0 atom stereocenters. The number of ether oxygens (including phenoxy) is 1. The Hall–Kier alpha value is -2.33. The van der Waals surface area contributed by atoms with Gasteiger partial charge in [0.15, 0.2) is 12.4 Å². The molecule has 0 saturated carbocycles. The number of hydrogen-bond acceptors (Lipinski definition) is 7. The molecule has 1 aliphatic rings. The van der Waals surface area contributed by atoms with Gasteiger partial charge in [0, 0.05) is 19.6 Å². The van der Waals surface area contributed by atoms with E-state index in [1.807, 2.05) is 0 Å². The molecule has 1 aromatic heterocycles. The molecule has 0 aliphatic carbocycles. The summed E-state index contributed by atoms with van der Waals surface area (Å²) in [7, 11) is -3.49. The molecule has 2 aromatic rings. The van der Waals surface area contributed by atoms with Crippen molar-refractivity contribution in [3.63, 3.8) is 0 Å². The van der Waals surface area contributed by atoms with Crippen LogP contribution in [0.25, 0.3) is 0 Å². The Bertz CT molecular complexity index is 873. The number of benzene rings is 1. The van der Waals surface area contributed by atoms with Crippen molar-refractivity contribution in [1.29, 1.82) is 0 Å². The Kier molecular flexibility index (Phi) is 6.17. The largest absolute Gasteiger partial charge is 0.454 e. The third kappa shape index (κ3) is 4.51. The van der Waals surface area contributed by atoms with Crippen LogP contribution in [-0.2, 0) is 27.9 Å². The predicted octanol–water partition coefficient (Wildman–Crippen LogP) is 1.61. The molecule has 0 N–H and O–H groups in total. The third-order valence-electron chi connectivity index (χ3n) is 4.45. The molecule has 10 heteroatoms. The number of aromatic nitrogens is 4. The van der Waals surface area contributed by atoms with Crippen molar-refractivity contribution >= 4 is 16.0 Å². The summed E-state index contributed by atoms with van der Waals surface area (Å²) in [6.45, 7) is 3.78. The van der Waals surface area contributed by atoms with Crippen LogP contribution in [0.3, 0.4) is 0 Å². The first-order valence-electron chi connectivity index (χ1n) is 9.04. The summed E-state index contributed by atoms with van der Waals surface area (Å²) in [5, 5.41) is 11.3. The number of carbonyl (C=O) groups is 1. The normalized spacial score (nSPS) is 15.1. The van der Waals surface area contributed by atoms with Crippen LogP contribution in [0.15, 0.2) is 29.2 Å². The maximum atomic E-state index is 12.5. The molecule has 1 aromatic carbocycles. The molecule has 1 fully saturated rings.